The van der Waals surface area contributed by atoms with Gasteiger partial charge in [0.1, 0.15) is 17.5 Å². The van der Waals surface area contributed by atoms with Crippen LogP contribution in [-0.2, 0) is 0 Å². The fraction of sp³-hybridized carbons (Fsp3) is 0.429. The molecule has 0 unspecified atom stereocenters. The number of nitro groups is 2. The molecule has 1 aliphatic rings. The van der Waals surface area contributed by atoms with E-state index in [1.807, 2.05) is 62.4 Å². The number of nitrogens with one attached hydrogen (secondary N) is 1. The van der Waals surface area contributed by atoms with E-state index in [2.05, 4.69) is 5.32 Å². The summed E-state index contributed by atoms with van der Waals surface area (Å²) in [5, 5.41) is 27.3. The molecule has 4 atom stereocenters. The summed E-state index contributed by atoms with van der Waals surface area (Å²) < 4.78 is 0. The van der Waals surface area contributed by atoms with Crippen molar-refractivity contribution >= 4 is 0 Å². The molecule has 148 valence electrons. The minimum absolute atomic E-state index is 0.376. The van der Waals surface area contributed by atoms with Crippen molar-refractivity contribution in [2.75, 3.05) is 0 Å². The lowest BCUT2D eigenvalue weighted by Gasteiger charge is -2.44. The Morgan fingerprint density at radius 2 is 1.07 bits per heavy atom. The highest BCUT2D eigenvalue weighted by Gasteiger charge is 2.62. The van der Waals surface area contributed by atoms with Crippen LogP contribution in [0.3, 0.4) is 0 Å². The molecule has 28 heavy (non-hydrogen) atoms. The molecule has 1 N–H and O–H groups in total. The summed E-state index contributed by atoms with van der Waals surface area (Å²) >= 11 is 0. The van der Waals surface area contributed by atoms with E-state index in [-0.39, 0.29) is 9.85 Å². The van der Waals surface area contributed by atoms with Crippen molar-refractivity contribution in [2.45, 2.75) is 51.9 Å². The summed E-state index contributed by atoms with van der Waals surface area (Å²) in [5.74, 6) is 0. The van der Waals surface area contributed by atoms with Gasteiger partial charge in [-0.05, 0) is 38.8 Å². The molecule has 0 radical (unpaired) electrons. The second kappa shape index (κ2) is 7.31. The lowest BCUT2D eigenvalue weighted by Crippen LogP contribution is -2.63. The lowest BCUT2D eigenvalue weighted by molar-refractivity contribution is -0.605. The number of benzene rings is 2. The Labute approximate surface area is 164 Å². The van der Waals surface area contributed by atoms with E-state index in [1.54, 1.807) is 13.8 Å². The zero-order valence-electron chi connectivity index (χ0n) is 16.5. The topological polar surface area (TPSA) is 98.3 Å². The number of piperidine rings is 1. The zero-order chi connectivity index (χ0) is 20.6. The van der Waals surface area contributed by atoms with Crippen molar-refractivity contribution in [1.82, 2.24) is 5.32 Å². The summed E-state index contributed by atoms with van der Waals surface area (Å²) in [7, 11) is 0. The Morgan fingerprint density at radius 1 is 0.750 bits per heavy atom. The molecule has 0 spiro atoms. The van der Waals surface area contributed by atoms with Gasteiger partial charge in [-0.25, -0.2) is 0 Å². The fourth-order valence-electron chi connectivity index (χ4n) is 4.30. The molecule has 0 amide bonds. The van der Waals surface area contributed by atoms with Crippen molar-refractivity contribution in [3.8, 4) is 0 Å². The van der Waals surface area contributed by atoms with Gasteiger partial charge in [-0.1, -0.05) is 59.7 Å². The Bertz CT molecular complexity index is 806. The third-order valence-electron chi connectivity index (χ3n) is 5.84. The highest BCUT2D eigenvalue weighted by Crippen LogP contribution is 2.46. The minimum atomic E-state index is -1.16. The molecule has 7 heteroatoms. The first-order chi connectivity index (χ1) is 13.1. The van der Waals surface area contributed by atoms with Gasteiger partial charge in [-0.15, -0.1) is 0 Å². The molecule has 1 fully saturated rings. The Morgan fingerprint density at radius 3 is 1.36 bits per heavy atom. The monoisotopic (exact) mass is 383 g/mol. The van der Waals surface area contributed by atoms with E-state index in [0.29, 0.717) is 0 Å². The normalized spacial score (nSPS) is 26.6. The smallest absolute Gasteiger partial charge is 0.243 e. The third kappa shape index (κ3) is 3.49. The summed E-state index contributed by atoms with van der Waals surface area (Å²) in [4.78, 5) is 23.3. The fourth-order valence-corrected chi connectivity index (χ4v) is 4.30. The predicted molar refractivity (Wildman–Crippen MR) is 106 cm³/mol. The van der Waals surface area contributed by atoms with E-state index in [4.69, 9.17) is 0 Å². The maximum Gasteiger partial charge on any atom is 0.243 e. The molecular formula is C21H25N3O4. The summed E-state index contributed by atoms with van der Waals surface area (Å²) in [6, 6.07) is 11.5. The molecule has 2 aromatic rings. The Kier molecular flexibility index (Phi) is 5.21. The van der Waals surface area contributed by atoms with Crippen molar-refractivity contribution in [1.29, 1.82) is 0 Å². The van der Waals surface area contributed by atoms with Crippen LogP contribution in [0.1, 0.15) is 48.2 Å². The van der Waals surface area contributed by atoms with E-state index >= 15 is 0 Å². The SMILES string of the molecule is Cc1ccc([C@H]2N[C@H](c3ccc(C)cc3)[C@@H]([N+](=O)[O-])C(C)(C)[C@H]2[N+](=O)[O-])cc1. The van der Waals surface area contributed by atoms with Gasteiger partial charge in [0.25, 0.3) is 0 Å². The second-order valence-corrected chi connectivity index (χ2v) is 8.23. The number of aryl methyl sites for hydroxylation is 2. The Balaban J connectivity index is 2.14. The van der Waals surface area contributed by atoms with Crippen molar-refractivity contribution < 1.29 is 9.85 Å². The standard InChI is InChI=1S/C21H25N3O4/c1-13-5-9-15(10-6-13)17-19(23(25)26)21(3,4)20(24(27)28)18(22-17)16-11-7-14(2)8-12-16/h5-12,17-20,22H,1-4H3/t17-,18-,19-,20+/m1/s1. The van der Waals surface area contributed by atoms with Gasteiger partial charge in [0.15, 0.2) is 0 Å². The first kappa shape index (κ1) is 19.9. The van der Waals surface area contributed by atoms with Crippen LogP contribution in [0.4, 0.5) is 0 Å². The molecule has 0 aromatic heterocycles. The van der Waals surface area contributed by atoms with Crippen molar-refractivity contribution in [3.05, 3.63) is 91.0 Å². The van der Waals surface area contributed by atoms with E-state index in [0.717, 1.165) is 22.3 Å². The average molecular weight is 383 g/mol. The molecule has 0 saturated carbocycles. The Hall–Kier alpha value is -2.80. The minimum Gasteiger partial charge on any atom is -0.291 e. The van der Waals surface area contributed by atoms with Crippen LogP contribution < -0.4 is 5.32 Å². The lowest BCUT2D eigenvalue weighted by atomic mass is 9.66. The second-order valence-electron chi connectivity index (χ2n) is 8.23. The molecule has 1 aliphatic heterocycles. The largest absolute Gasteiger partial charge is 0.291 e. The summed E-state index contributed by atoms with van der Waals surface area (Å²) in [5.41, 5.74) is 2.46. The van der Waals surface area contributed by atoms with Gasteiger partial charge in [0, 0.05) is 9.85 Å². The van der Waals surface area contributed by atoms with Crippen molar-refractivity contribution in [3.63, 3.8) is 0 Å². The molecule has 1 saturated heterocycles. The first-order valence-electron chi connectivity index (χ1n) is 9.29. The number of rotatable bonds is 4. The van der Waals surface area contributed by atoms with Gasteiger partial charge in [0.2, 0.25) is 12.1 Å². The third-order valence-corrected chi connectivity index (χ3v) is 5.84. The van der Waals surface area contributed by atoms with Crippen LogP contribution in [0.5, 0.6) is 0 Å². The quantitative estimate of drug-likeness (QED) is 0.635. The number of nitrogens with zero attached hydrogens (tertiary/aromatic N) is 2. The van der Waals surface area contributed by atoms with E-state index in [9.17, 15) is 20.2 Å². The summed E-state index contributed by atoms with van der Waals surface area (Å²) in [6.07, 6.45) is 0. The number of hydrogen-bond acceptors (Lipinski definition) is 5. The molecule has 1 heterocycles. The highest BCUT2D eigenvalue weighted by molar-refractivity contribution is 5.31. The number of hydrogen-bond donors (Lipinski definition) is 1. The van der Waals surface area contributed by atoms with Crippen LogP contribution in [0, 0.1) is 39.5 Å². The summed E-state index contributed by atoms with van der Waals surface area (Å²) in [6.45, 7) is 7.17. The van der Waals surface area contributed by atoms with Crippen LogP contribution in [0.25, 0.3) is 0 Å². The highest BCUT2D eigenvalue weighted by atomic mass is 16.6. The predicted octanol–water partition coefficient (Wildman–Crippen LogP) is 4.01. The van der Waals surface area contributed by atoms with Crippen LogP contribution in [0.2, 0.25) is 0 Å². The first-order valence-corrected chi connectivity index (χ1v) is 9.29. The molecule has 3 rings (SSSR count). The molecule has 2 aromatic carbocycles. The molecule has 0 aliphatic carbocycles. The molecule has 7 nitrogen and oxygen atoms in total. The van der Waals surface area contributed by atoms with Crippen molar-refractivity contribution in [2.24, 2.45) is 5.41 Å². The molecule has 0 bridgehead atoms. The zero-order valence-corrected chi connectivity index (χ0v) is 16.5. The average Bonchev–Trinajstić information content (AvgIpc) is 2.60. The maximum absolute atomic E-state index is 12.0. The van der Waals surface area contributed by atoms with Crippen LogP contribution in [0.15, 0.2) is 48.5 Å². The van der Waals surface area contributed by atoms with Crippen LogP contribution >= 0.6 is 0 Å². The van der Waals surface area contributed by atoms with Gasteiger partial charge in [0.05, 0.1) is 0 Å². The molecular weight excluding hydrogens is 358 g/mol. The van der Waals surface area contributed by atoms with Gasteiger partial charge in [-0.3, -0.25) is 25.5 Å². The van der Waals surface area contributed by atoms with Gasteiger partial charge < -0.3 is 0 Å². The van der Waals surface area contributed by atoms with E-state index in [1.165, 1.54) is 0 Å². The van der Waals surface area contributed by atoms with Gasteiger partial charge >= 0.3 is 0 Å². The van der Waals surface area contributed by atoms with Crippen LogP contribution in [-0.4, -0.2) is 21.9 Å². The van der Waals surface area contributed by atoms with E-state index < -0.39 is 29.6 Å². The maximum atomic E-state index is 12.0. The van der Waals surface area contributed by atoms with Gasteiger partial charge in [-0.2, -0.15) is 0 Å².